The number of nitrogens with zero attached hydrogens (tertiary/aromatic N) is 1. The van der Waals surface area contributed by atoms with Gasteiger partial charge in [-0.05, 0) is 102 Å². The van der Waals surface area contributed by atoms with Crippen molar-refractivity contribution in [3.63, 3.8) is 0 Å². The van der Waals surface area contributed by atoms with Crippen molar-refractivity contribution in [3.05, 3.63) is 86.9 Å². The Labute approximate surface area is 213 Å². The van der Waals surface area contributed by atoms with E-state index in [1.807, 2.05) is 13.8 Å². The number of fused-ring (bicyclic) bond motifs is 1. The van der Waals surface area contributed by atoms with Gasteiger partial charge in [0.15, 0.2) is 0 Å². The van der Waals surface area contributed by atoms with Gasteiger partial charge < -0.3 is 4.90 Å². The normalized spacial score (nSPS) is 14.8. The maximum atomic E-state index is 6.66. The van der Waals surface area contributed by atoms with Crippen molar-refractivity contribution < 1.29 is 0 Å². The van der Waals surface area contributed by atoms with Gasteiger partial charge in [-0.1, -0.05) is 82.6 Å². The number of hydrogen-bond acceptors (Lipinski definition) is 1. The van der Waals surface area contributed by atoms with Gasteiger partial charge in [0.25, 0.3) is 0 Å². The van der Waals surface area contributed by atoms with Gasteiger partial charge in [0.1, 0.15) is 0 Å². The van der Waals surface area contributed by atoms with E-state index < -0.39 is 0 Å². The van der Waals surface area contributed by atoms with Crippen LogP contribution < -0.4 is 4.90 Å². The maximum Gasteiger partial charge on any atom is 0.0639 e. The highest BCUT2D eigenvalue weighted by molar-refractivity contribution is 6.33. The van der Waals surface area contributed by atoms with Crippen molar-refractivity contribution in [3.8, 4) is 11.1 Å². The first kappa shape index (κ1) is 26.4. The molecule has 0 radical (unpaired) electrons. The molecule has 0 saturated heterocycles. The molecule has 1 nitrogen and oxygen atoms in total. The van der Waals surface area contributed by atoms with Crippen LogP contribution in [0, 0.1) is 6.92 Å². The lowest BCUT2D eigenvalue weighted by Gasteiger charge is -2.37. The van der Waals surface area contributed by atoms with Crippen LogP contribution in [-0.4, -0.2) is 7.05 Å². The Balaban J connectivity index is 0.00000158. The topological polar surface area (TPSA) is 3.24 Å². The fraction of sp³-hybridized carbons (Fsp3) is 0.438. The molecule has 3 aromatic carbocycles. The van der Waals surface area contributed by atoms with Crippen LogP contribution in [0.25, 0.3) is 11.1 Å². The lowest BCUT2D eigenvalue weighted by Crippen LogP contribution is -2.28. The summed E-state index contributed by atoms with van der Waals surface area (Å²) in [5.41, 5.74) is 12.7. The summed E-state index contributed by atoms with van der Waals surface area (Å²) < 4.78 is 0. The third kappa shape index (κ3) is 5.20. The molecule has 2 heteroatoms. The van der Waals surface area contributed by atoms with Crippen molar-refractivity contribution in [1.29, 1.82) is 0 Å². The molecule has 0 fully saturated rings. The second kappa shape index (κ2) is 11.9. The minimum absolute atomic E-state index is 0.365. The van der Waals surface area contributed by atoms with Gasteiger partial charge in [-0.25, -0.2) is 0 Å². The highest BCUT2D eigenvalue weighted by Gasteiger charge is 2.28. The average molecular weight is 476 g/mol. The molecule has 4 rings (SSSR count). The minimum Gasteiger partial charge on any atom is -0.366 e. The molecule has 1 atom stereocenters. The molecule has 0 heterocycles. The van der Waals surface area contributed by atoms with Crippen LogP contribution in [0.4, 0.5) is 5.69 Å². The Kier molecular flexibility index (Phi) is 9.25. The SMILES string of the molecule is CC.CCc1ccc(Cl)c(N(C)C2CCCc3cc(-c4c(CC)cccc4CC)cc(C)c32)c1. The third-order valence-corrected chi connectivity index (χ3v) is 7.60. The lowest BCUT2D eigenvalue weighted by atomic mass is 9.80. The average Bonchev–Trinajstić information content (AvgIpc) is 2.88. The summed E-state index contributed by atoms with van der Waals surface area (Å²) in [5, 5.41) is 0.843. The first-order chi connectivity index (χ1) is 16.5. The second-order valence-electron chi connectivity index (χ2n) is 9.18. The largest absolute Gasteiger partial charge is 0.366 e. The monoisotopic (exact) mass is 475 g/mol. The molecule has 34 heavy (non-hydrogen) atoms. The maximum absolute atomic E-state index is 6.66. The Morgan fingerprint density at radius 3 is 2.21 bits per heavy atom. The third-order valence-electron chi connectivity index (χ3n) is 7.28. The summed E-state index contributed by atoms with van der Waals surface area (Å²) >= 11 is 6.66. The Hall–Kier alpha value is -2.25. The molecule has 0 N–H and O–H groups in total. The van der Waals surface area contributed by atoms with Crippen LogP contribution in [0.3, 0.4) is 0 Å². The van der Waals surface area contributed by atoms with E-state index in [0.717, 1.165) is 36.4 Å². The summed E-state index contributed by atoms with van der Waals surface area (Å²) in [7, 11) is 2.22. The van der Waals surface area contributed by atoms with E-state index in [-0.39, 0.29) is 0 Å². The minimum atomic E-state index is 0.365. The van der Waals surface area contributed by atoms with E-state index in [0.29, 0.717) is 6.04 Å². The predicted octanol–water partition coefficient (Wildman–Crippen LogP) is 9.54. The van der Waals surface area contributed by atoms with Crippen LogP contribution in [0.15, 0.2) is 48.5 Å². The van der Waals surface area contributed by atoms with Crippen LogP contribution in [-0.2, 0) is 25.7 Å². The van der Waals surface area contributed by atoms with Crippen LogP contribution in [0.5, 0.6) is 0 Å². The number of anilines is 1. The highest BCUT2D eigenvalue weighted by atomic mass is 35.5. The molecule has 3 aromatic rings. The van der Waals surface area contributed by atoms with Crippen LogP contribution in [0.1, 0.15) is 86.9 Å². The predicted molar refractivity (Wildman–Crippen MR) is 152 cm³/mol. The molecule has 0 aromatic heterocycles. The molecule has 0 amide bonds. The second-order valence-corrected chi connectivity index (χ2v) is 9.59. The number of halogens is 1. The number of hydrogen-bond donors (Lipinski definition) is 0. The molecular weight excluding hydrogens is 434 g/mol. The quantitative estimate of drug-likeness (QED) is 0.343. The van der Waals surface area contributed by atoms with Crippen molar-refractivity contribution in [2.24, 2.45) is 0 Å². The summed E-state index contributed by atoms with van der Waals surface area (Å²) in [4.78, 5) is 2.42. The van der Waals surface area contributed by atoms with Gasteiger partial charge in [-0.2, -0.15) is 0 Å². The van der Waals surface area contributed by atoms with Crippen molar-refractivity contribution in [2.45, 2.75) is 86.1 Å². The summed E-state index contributed by atoms with van der Waals surface area (Å²) in [6.45, 7) is 13.0. The molecule has 182 valence electrons. The molecule has 0 spiro atoms. The van der Waals surface area contributed by atoms with Gasteiger partial charge >= 0.3 is 0 Å². The van der Waals surface area contributed by atoms with Crippen LogP contribution >= 0.6 is 11.6 Å². The smallest absolute Gasteiger partial charge is 0.0639 e. The number of aryl methyl sites for hydroxylation is 5. The summed E-state index contributed by atoms with van der Waals surface area (Å²) in [6.07, 6.45) is 6.70. The summed E-state index contributed by atoms with van der Waals surface area (Å²) in [6, 6.07) is 18.6. The van der Waals surface area contributed by atoms with Gasteiger partial charge in [-0.15, -0.1) is 0 Å². The fourth-order valence-electron chi connectivity index (χ4n) is 5.55. The number of rotatable bonds is 6. The van der Waals surface area contributed by atoms with E-state index in [2.05, 4.69) is 88.2 Å². The van der Waals surface area contributed by atoms with Gasteiger partial charge in [0.05, 0.1) is 16.8 Å². The molecule has 1 aliphatic carbocycles. The first-order valence-corrected chi connectivity index (χ1v) is 13.6. The zero-order valence-electron chi connectivity index (χ0n) is 22.3. The lowest BCUT2D eigenvalue weighted by molar-refractivity contribution is 0.542. The molecule has 1 aliphatic rings. The molecular formula is C32H42ClN. The highest BCUT2D eigenvalue weighted by Crippen LogP contribution is 2.42. The Morgan fingerprint density at radius 2 is 1.59 bits per heavy atom. The van der Waals surface area contributed by atoms with Crippen molar-refractivity contribution >= 4 is 17.3 Å². The molecule has 0 saturated carbocycles. The Bertz CT molecular complexity index is 1090. The van der Waals surface area contributed by atoms with E-state index in [4.69, 9.17) is 11.6 Å². The van der Waals surface area contributed by atoms with E-state index >= 15 is 0 Å². The zero-order chi connectivity index (χ0) is 24.8. The van der Waals surface area contributed by atoms with Gasteiger partial charge in [0, 0.05) is 7.05 Å². The summed E-state index contributed by atoms with van der Waals surface area (Å²) in [5.74, 6) is 0. The van der Waals surface area contributed by atoms with Crippen molar-refractivity contribution in [1.82, 2.24) is 0 Å². The van der Waals surface area contributed by atoms with Crippen LogP contribution in [0.2, 0.25) is 5.02 Å². The van der Waals surface area contributed by atoms with E-state index in [1.165, 1.54) is 57.3 Å². The van der Waals surface area contributed by atoms with Gasteiger partial charge in [0.2, 0.25) is 0 Å². The van der Waals surface area contributed by atoms with E-state index in [9.17, 15) is 0 Å². The number of benzene rings is 3. The molecule has 1 unspecified atom stereocenters. The van der Waals surface area contributed by atoms with Crippen molar-refractivity contribution in [2.75, 3.05) is 11.9 Å². The Morgan fingerprint density at radius 1 is 0.912 bits per heavy atom. The molecule has 0 bridgehead atoms. The first-order valence-electron chi connectivity index (χ1n) is 13.2. The van der Waals surface area contributed by atoms with Gasteiger partial charge in [-0.3, -0.25) is 0 Å². The molecule has 0 aliphatic heterocycles. The standard InChI is InChI=1S/C30H36ClN.C2H6/c1-6-21-15-16-26(31)28(18-21)32(5)27-14-10-13-24-19-25(17-20(4)29(24)27)30-22(7-2)11-9-12-23(30)8-3;1-2/h9,11-12,15-19,27H,6-8,10,13-14H2,1-5H3;1-2H3. The fourth-order valence-corrected chi connectivity index (χ4v) is 5.80. The van der Waals surface area contributed by atoms with E-state index in [1.54, 1.807) is 0 Å². The zero-order valence-corrected chi connectivity index (χ0v) is 23.0.